The van der Waals surface area contributed by atoms with E-state index in [1.807, 2.05) is 20.8 Å². The van der Waals surface area contributed by atoms with Gasteiger partial charge in [0.1, 0.15) is 5.60 Å². The Kier molecular flexibility index (Phi) is 5.48. The molecule has 1 aliphatic rings. The molecule has 0 aliphatic carbocycles. The van der Waals surface area contributed by atoms with Crippen LogP contribution in [0.15, 0.2) is 22.5 Å². The van der Waals surface area contributed by atoms with Crippen molar-refractivity contribution >= 4 is 44.1 Å². The van der Waals surface area contributed by atoms with Crippen molar-refractivity contribution in [1.29, 1.82) is 0 Å². The van der Waals surface area contributed by atoms with Gasteiger partial charge in [0, 0.05) is 25.2 Å². The van der Waals surface area contributed by atoms with Gasteiger partial charge in [-0.3, -0.25) is 14.3 Å². The minimum Gasteiger partial charge on any atom is -0.444 e. The maximum Gasteiger partial charge on any atom is 0.410 e. The number of nitrogens with zero attached hydrogens (tertiary/aromatic N) is 3. The molecular weight excluding hydrogens is 390 g/mol. The number of nitro benzene ring substituents is 1. The molecule has 0 saturated carbocycles. The number of aromatic nitrogens is 1. The van der Waals surface area contributed by atoms with E-state index >= 15 is 0 Å². The Bertz CT molecular complexity index is 906. The molecule has 1 amide bonds. The summed E-state index contributed by atoms with van der Waals surface area (Å²) in [4.78, 5) is 28.6. The van der Waals surface area contributed by atoms with Gasteiger partial charge >= 0.3 is 6.09 Å². The first-order chi connectivity index (χ1) is 12.6. The fraction of sp³-hybridized carbons (Fsp3) is 0.529. The van der Waals surface area contributed by atoms with Crippen molar-refractivity contribution in [3.8, 4) is 0 Å². The summed E-state index contributed by atoms with van der Waals surface area (Å²) in [6.07, 6.45) is 1.07. The van der Waals surface area contributed by atoms with Gasteiger partial charge in [-0.2, -0.15) is 0 Å². The molecule has 3 rings (SSSR count). The highest BCUT2D eigenvalue weighted by Gasteiger charge is 2.32. The molecule has 0 spiro atoms. The van der Waals surface area contributed by atoms with Gasteiger partial charge in [-0.05, 0) is 39.7 Å². The number of hydrogen-bond donors (Lipinski definition) is 0. The third-order valence-electron chi connectivity index (χ3n) is 4.07. The van der Waals surface area contributed by atoms with E-state index < -0.39 is 27.4 Å². The monoisotopic (exact) mass is 411 g/mol. The van der Waals surface area contributed by atoms with Gasteiger partial charge in [0.2, 0.25) is 0 Å². The molecule has 0 radical (unpaired) electrons. The van der Waals surface area contributed by atoms with Crippen LogP contribution in [0.3, 0.4) is 0 Å². The van der Waals surface area contributed by atoms with Crippen molar-refractivity contribution in [2.45, 2.75) is 48.8 Å². The minimum atomic E-state index is -1.39. The highest BCUT2D eigenvalue weighted by Crippen LogP contribution is 2.30. The number of rotatable bonds is 3. The van der Waals surface area contributed by atoms with Crippen LogP contribution in [-0.2, 0) is 15.5 Å². The molecule has 27 heavy (non-hydrogen) atoms. The summed E-state index contributed by atoms with van der Waals surface area (Å²) < 4.78 is 19.6. The van der Waals surface area contributed by atoms with E-state index in [2.05, 4.69) is 4.98 Å². The van der Waals surface area contributed by atoms with E-state index in [1.54, 1.807) is 11.0 Å². The van der Waals surface area contributed by atoms with E-state index in [9.17, 15) is 19.1 Å². The van der Waals surface area contributed by atoms with Crippen molar-refractivity contribution in [2.75, 3.05) is 13.1 Å². The Morgan fingerprint density at radius 2 is 2.19 bits per heavy atom. The van der Waals surface area contributed by atoms with Crippen LogP contribution in [0, 0.1) is 10.1 Å². The van der Waals surface area contributed by atoms with Crippen molar-refractivity contribution in [3.63, 3.8) is 0 Å². The summed E-state index contributed by atoms with van der Waals surface area (Å²) in [5, 5.41) is 10.7. The average Bonchev–Trinajstić information content (AvgIpc) is 3.02. The lowest BCUT2D eigenvalue weighted by atomic mass is 10.1. The maximum absolute atomic E-state index is 13.0. The molecule has 2 aromatic rings. The SMILES string of the molecule is CC(C)(C)OC(=O)N1CCCC(S(=O)c2nc3cc([N+](=O)[O-])ccc3s2)C1. The zero-order valence-corrected chi connectivity index (χ0v) is 17.0. The van der Waals surface area contributed by atoms with Gasteiger partial charge in [-0.25, -0.2) is 9.78 Å². The van der Waals surface area contributed by atoms with Crippen molar-refractivity contribution in [3.05, 3.63) is 28.3 Å². The lowest BCUT2D eigenvalue weighted by Crippen LogP contribution is -2.45. The van der Waals surface area contributed by atoms with Crippen LogP contribution in [0.25, 0.3) is 10.2 Å². The van der Waals surface area contributed by atoms with E-state index in [0.29, 0.717) is 22.9 Å². The second kappa shape index (κ2) is 7.51. The lowest BCUT2D eigenvalue weighted by molar-refractivity contribution is -0.384. The molecule has 1 fully saturated rings. The molecule has 2 unspecified atom stereocenters. The van der Waals surface area contributed by atoms with E-state index in [0.717, 1.165) is 17.5 Å². The fourth-order valence-electron chi connectivity index (χ4n) is 2.84. The number of thiazole rings is 1. The van der Waals surface area contributed by atoms with E-state index in [1.165, 1.54) is 23.5 Å². The van der Waals surface area contributed by atoms with Gasteiger partial charge in [0.15, 0.2) is 4.34 Å². The third kappa shape index (κ3) is 4.62. The Morgan fingerprint density at radius 3 is 2.85 bits per heavy atom. The predicted octanol–water partition coefficient (Wildman–Crippen LogP) is 3.71. The quantitative estimate of drug-likeness (QED) is 0.563. The van der Waals surface area contributed by atoms with E-state index in [4.69, 9.17) is 4.74 Å². The molecule has 0 bridgehead atoms. The van der Waals surface area contributed by atoms with E-state index in [-0.39, 0.29) is 10.9 Å². The highest BCUT2D eigenvalue weighted by atomic mass is 32.2. The Labute approximate surface area is 163 Å². The smallest absolute Gasteiger partial charge is 0.410 e. The van der Waals surface area contributed by atoms with Crippen LogP contribution in [0.2, 0.25) is 0 Å². The first-order valence-corrected chi connectivity index (χ1v) is 10.6. The first kappa shape index (κ1) is 19.7. The molecule has 146 valence electrons. The molecule has 10 heteroatoms. The number of non-ortho nitro benzene ring substituents is 1. The zero-order valence-electron chi connectivity index (χ0n) is 15.3. The first-order valence-electron chi connectivity index (χ1n) is 8.57. The standard InChI is InChI=1S/C17H21N3O5S2/c1-17(2,3)25-16(21)19-8-4-5-12(10-19)27(24)15-18-13-9-11(20(22)23)6-7-14(13)26-15/h6-7,9,12H,4-5,8,10H2,1-3H3. The zero-order chi connectivity index (χ0) is 19.8. The summed E-state index contributed by atoms with van der Waals surface area (Å²) in [5.41, 5.74) is -0.151. The predicted molar refractivity (Wildman–Crippen MR) is 104 cm³/mol. The van der Waals surface area contributed by atoms with Gasteiger partial charge in [-0.15, -0.1) is 11.3 Å². The third-order valence-corrected chi connectivity index (χ3v) is 7.07. The molecule has 0 N–H and O–H groups in total. The number of piperidine rings is 1. The van der Waals surface area contributed by atoms with Gasteiger partial charge in [-0.1, -0.05) is 0 Å². The fourth-order valence-corrected chi connectivity index (χ4v) is 5.70. The molecule has 1 saturated heterocycles. The van der Waals surface area contributed by atoms with Crippen molar-refractivity contribution in [1.82, 2.24) is 9.88 Å². The lowest BCUT2D eigenvalue weighted by Gasteiger charge is -2.33. The van der Waals surface area contributed by atoms with Gasteiger partial charge < -0.3 is 9.64 Å². The van der Waals surface area contributed by atoms with Gasteiger partial charge in [0.25, 0.3) is 5.69 Å². The summed E-state index contributed by atoms with van der Waals surface area (Å²) in [6.45, 7) is 6.35. The topological polar surface area (TPSA) is 103 Å². The second-order valence-electron chi connectivity index (χ2n) is 7.38. The number of ether oxygens (including phenoxy) is 1. The average molecular weight is 412 g/mol. The summed E-state index contributed by atoms with van der Waals surface area (Å²) >= 11 is 1.27. The normalized spacial score (nSPS) is 19.1. The van der Waals surface area contributed by atoms with Crippen molar-refractivity contribution in [2.24, 2.45) is 0 Å². The number of amides is 1. The summed E-state index contributed by atoms with van der Waals surface area (Å²) in [6, 6.07) is 4.43. The summed E-state index contributed by atoms with van der Waals surface area (Å²) in [5.74, 6) is 0. The molecule has 2 atom stereocenters. The van der Waals surface area contributed by atoms with Crippen LogP contribution in [-0.4, -0.2) is 49.0 Å². The molecule has 2 heterocycles. The highest BCUT2D eigenvalue weighted by molar-refractivity contribution is 7.88. The molecular formula is C17H21N3O5S2. The van der Waals surface area contributed by atoms with Gasteiger partial charge in [0.05, 0.1) is 31.2 Å². The minimum absolute atomic E-state index is 0.0427. The Morgan fingerprint density at radius 1 is 1.44 bits per heavy atom. The second-order valence-corrected chi connectivity index (χ2v) is 10.3. The Balaban J connectivity index is 1.76. The number of likely N-dealkylation sites (tertiary alicyclic amines) is 1. The van der Waals surface area contributed by atoms with Crippen molar-refractivity contribution < 1.29 is 18.7 Å². The van der Waals surface area contributed by atoms with Crippen LogP contribution < -0.4 is 0 Å². The Hall–Kier alpha value is -2.07. The molecule has 1 aliphatic heterocycles. The largest absolute Gasteiger partial charge is 0.444 e. The number of carbonyl (C=O) groups excluding carboxylic acids is 1. The number of benzene rings is 1. The van der Waals surface area contributed by atoms with Crippen LogP contribution in [0.1, 0.15) is 33.6 Å². The summed E-state index contributed by atoms with van der Waals surface area (Å²) in [7, 11) is -1.39. The maximum atomic E-state index is 13.0. The van der Waals surface area contributed by atoms with Crippen LogP contribution in [0.4, 0.5) is 10.5 Å². The number of carbonyl (C=O) groups is 1. The number of fused-ring (bicyclic) bond motifs is 1. The molecule has 8 nitrogen and oxygen atoms in total. The number of nitro groups is 1. The molecule has 1 aromatic carbocycles. The number of hydrogen-bond acceptors (Lipinski definition) is 7. The van der Waals surface area contributed by atoms with Crippen LogP contribution >= 0.6 is 11.3 Å². The van der Waals surface area contributed by atoms with Crippen LogP contribution in [0.5, 0.6) is 0 Å². The molecule has 1 aromatic heterocycles.